The minimum absolute atomic E-state index is 0.197. The Kier molecular flexibility index (Phi) is 3.17. The smallest absolute Gasteiger partial charge is 0.290 e. The molecular weight excluding hydrogens is 251 g/mol. The molecule has 0 aliphatic heterocycles. The number of furan rings is 1. The number of ether oxygens (including phenoxy) is 1. The molecule has 1 aromatic heterocycles. The topological polar surface area (TPSA) is 39.4 Å². The number of hydrogen-bond acceptors (Lipinski definition) is 3. The van der Waals surface area contributed by atoms with Gasteiger partial charge >= 0.3 is 0 Å². The van der Waals surface area contributed by atoms with Gasteiger partial charge in [-0.25, -0.2) is 0 Å². The lowest BCUT2D eigenvalue weighted by molar-refractivity contribution is 0.109. The average molecular weight is 257 g/mol. The van der Waals surface area contributed by atoms with Gasteiger partial charge in [-0.2, -0.15) is 0 Å². The molecule has 0 atom stereocenters. The molecule has 0 saturated heterocycles. The molecule has 0 saturated carbocycles. The molecule has 1 heterocycles. The van der Waals surface area contributed by atoms with Crippen LogP contribution in [0.1, 0.15) is 10.6 Å². The Morgan fingerprint density at radius 2 is 1.81 bits per heavy atom. The zero-order valence-corrected chi connectivity index (χ0v) is 9.46. The first kappa shape index (κ1) is 11.0. The van der Waals surface area contributed by atoms with Crippen LogP contribution >= 0.6 is 23.2 Å². The van der Waals surface area contributed by atoms with Gasteiger partial charge in [0.05, 0.1) is 0 Å². The molecule has 3 nitrogen and oxygen atoms in total. The van der Waals surface area contributed by atoms with Crippen molar-refractivity contribution in [2.45, 2.75) is 0 Å². The van der Waals surface area contributed by atoms with E-state index in [1.807, 2.05) is 0 Å². The van der Waals surface area contributed by atoms with E-state index in [0.29, 0.717) is 22.1 Å². The summed E-state index contributed by atoms with van der Waals surface area (Å²) in [6, 6.07) is 7.83. The lowest BCUT2D eigenvalue weighted by Crippen LogP contribution is -1.81. The molecule has 1 aromatic carbocycles. The average Bonchev–Trinajstić information content (AvgIpc) is 2.64. The molecule has 0 amide bonds. The van der Waals surface area contributed by atoms with E-state index < -0.39 is 0 Å². The fourth-order valence-corrected chi connectivity index (χ4v) is 1.66. The SMILES string of the molecule is O=Cc1ccc(Oc2cc(Cl)cc(Cl)c2)o1. The van der Waals surface area contributed by atoms with Crippen LogP contribution in [-0.2, 0) is 0 Å². The Bertz CT molecular complexity index is 499. The van der Waals surface area contributed by atoms with Crippen LogP contribution in [0, 0.1) is 0 Å². The van der Waals surface area contributed by atoms with Crippen molar-refractivity contribution in [1.29, 1.82) is 0 Å². The molecule has 0 bridgehead atoms. The van der Waals surface area contributed by atoms with Gasteiger partial charge in [-0.1, -0.05) is 23.2 Å². The molecular formula is C11H6Cl2O3. The summed E-state index contributed by atoms with van der Waals surface area (Å²) >= 11 is 11.6. The van der Waals surface area contributed by atoms with Crippen LogP contribution in [0.5, 0.6) is 11.7 Å². The van der Waals surface area contributed by atoms with Crippen LogP contribution in [0.25, 0.3) is 0 Å². The summed E-state index contributed by atoms with van der Waals surface area (Å²) in [6.07, 6.45) is 0.595. The number of benzene rings is 1. The van der Waals surface area contributed by atoms with E-state index in [1.54, 1.807) is 24.3 Å². The number of carbonyl (C=O) groups is 1. The Morgan fingerprint density at radius 1 is 1.12 bits per heavy atom. The summed E-state index contributed by atoms with van der Waals surface area (Å²) < 4.78 is 10.4. The lowest BCUT2D eigenvalue weighted by Gasteiger charge is -2.02. The van der Waals surface area contributed by atoms with Crippen LogP contribution in [0.2, 0.25) is 10.0 Å². The van der Waals surface area contributed by atoms with Crippen LogP contribution < -0.4 is 4.74 Å². The molecule has 2 aromatic rings. The fraction of sp³-hybridized carbons (Fsp3) is 0. The van der Waals surface area contributed by atoms with Gasteiger partial charge in [-0.05, 0) is 24.3 Å². The number of carbonyl (C=O) groups excluding carboxylic acids is 1. The van der Waals surface area contributed by atoms with Crippen molar-refractivity contribution in [2.75, 3.05) is 0 Å². The first-order valence-electron chi connectivity index (χ1n) is 4.36. The van der Waals surface area contributed by atoms with Gasteiger partial charge < -0.3 is 9.15 Å². The van der Waals surface area contributed by atoms with E-state index >= 15 is 0 Å². The first-order valence-corrected chi connectivity index (χ1v) is 5.12. The Morgan fingerprint density at radius 3 is 2.38 bits per heavy atom. The Balaban J connectivity index is 2.22. The predicted molar refractivity (Wildman–Crippen MR) is 60.6 cm³/mol. The third-order valence-electron chi connectivity index (χ3n) is 1.77. The van der Waals surface area contributed by atoms with Gasteiger partial charge in [0.2, 0.25) is 0 Å². The van der Waals surface area contributed by atoms with Crippen LogP contribution in [0.4, 0.5) is 0 Å². The molecule has 2 rings (SSSR count). The molecule has 82 valence electrons. The summed E-state index contributed by atoms with van der Waals surface area (Å²) in [5.41, 5.74) is 0. The molecule has 0 unspecified atom stereocenters. The lowest BCUT2D eigenvalue weighted by atomic mass is 10.3. The Hall–Kier alpha value is -1.45. The number of halogens is 2. The van der Waals surface area contributed by atoms with Crippen LogP contribution in [0.15, 0.2) is 34.7 Å². The monoisotopic (exact) mass is 256 g/mol. The maximum atomic E-state index is 10.4. The largest absolute Gasteiger partial charge is 0.426 e. The van der Waals surface area contributed by atoms with Gasteiger partial charge in [0.15, 0.2) is 12.0 Å². The zero-order valence-electron chi connectivity index (χ0n) is 7.94. The highest BCUT2D eigenvalue weighted by Crippen LogP contribution is 2.28. The maximum absolute atomic E-state index is 10.4. The van der Waals surface area contributed by atoms with Crippen LogP contribution in [-0.4, -0.2) is 6.29 Å². The Labute approximate surface area is 102 Å². The quantitative estimate of drug-likeness (QED) is 0.774. The van der Waals surface area contributed by atoms with Crippen LogP contribution in [0.3, 0.4) is 0 Å². The first-order chi connectivity index (χ1) is 7.67. The minimum atomic E-state index is 0.197. The molecule has 0 aliphatic rings. The van der Waals surface area contributed by atoms with Crippen molar-refractivity contribution in [1.82, 2.24) is 0 Å². The highest BCUT2D eigenvalue weighted by Gasteiger charge is 2.05. The predicted octanol–water partition coefficient (Wildman–Crippen LogP) is 4.19. The molecule has 0 fully saturated rings. The van der Waals surface area contributed by atoms with Crippen molar-refractivity contribution < 1.29 is 13.9 Å². The van der Waals surface area contributed by atoms with E-state index in [1.165, 1.54) is 6.07 Å². The normalized spacial score (nSPS) is 10.1. The number of aldehydes is 1. The van der Waals surface area contributed by atoms with Crippen molar-refractivity contribution in [3.05, 3.63) is 46.1 Å². The number of hydrogen-bond donors (Lipinski definition) is 0. The van der Waals surface area contributed by atoms with E-state index in [4.69, 9.17) is 32.4 Å². The fourth-order valence-electron chi connectivity index (χ4n) is 1.16. The summed E-state index contributed by atoms with van der Waals surface area (Å²) in [7, 11) is 0. The number of rotatable bonds is 3. The highest BCUT2D eigenvalue weighted by atomic mass is 35.5. The van der Waals surface area contributed by atoms with Gasteiger partial charge in [0, 0.05) is 16.1 Å². The van der Waals surface area contributed by atoms with Gasteiger partial charge in [0.25, 0.3) is 5.95 Å². The highest BCUT2D eigenvalue weighted by molar-refractivity contribution is 6.34. The second-order valence-corrected chi connectivity index (χ2v) is 3.85. The van der Waals surface area contributed by atoms with Gasteiger partial charge in [-0.3, -0.25) is 4.79 Å². The molecule has 0 radical (unpaired) electrons. The standard InChI is InChI=1S/C11H6Cl2O3/c12-7-3-8(13)5-10(4-7)16-11-2-1-9(6-14)15-11/h1-6H. The van der Waals surface area contributed by atoms with Crippen molar-refractivity contribution in [2.24, 2.45) is 0 Å². The minimum Gasteiger partial charge on any atom is -0.426 e. The van der Waals surface area contributed by atoms with E-state index in [9.17, 15) is 4.79 Å². The maximum Gasteiger partial charge on any atom is 0.290 e. The molecule has 5 heteroatoms. The summed E-state index contributed by atoms with van der Waals surface area (Å²) in [5, 5.41) is 0.925. The third-order valence-corrected chi connectivity index (χ3v) is 2.21. The van der Waals surface area contributed by atoms with Crippen molar-refractivity contribution in [3.63, 3.8) is 0 Å². The second-order valence-electron chi connectivity index (χ2n) is 2.98. The molecule has 0 spiro atoms. The van der Waals surface area contributed by atoms with E-state index in [-0.39, 0.29) is 11.7 Å². The molecule has 0 N–H and O–H groups in total. The van der Waals surface area contributed by atoms with E-state index in [2.05, 4.69) is 0 Å². The summed E-state index contributed by atoms with van der Waals surface area (Å²) in [6.45, 7) is 0. The van der Waals surface area contributed by atoms with Crippen molar-refractivity contribution >= 4 is 29.5 Å². The van der Waals surface area contributed by atoms with E-state index in [0.717, 1.165) is 0 Å². The third kappa shape index (κ3) is 2.56. The molecule has 0 aliphatic carbocycles. The summed E-state index contributed by atoms with van der Waals surface area (Å²) in [5.74, 6) is 0.854. The molecule has 16 heavy (non-hydrogen) atoms. The van der Waals surface area contributed by atoms with Gasteiger partial charge in [0.1, 0.15) is 5.75 Å². The zero-order chi connectivity index (χ0) is 11.5. The summed E-state index contributed by atoms with van der Waals surface area (Å²) in [4.78, 5) is 10.4. The van der Waals surface area contributed by atoms with Crippen molar-refractivity contribution in [3.8, 4) is 11.7 Å². The second kappa shape index (κ2) is 4.60. The van der Waals surface area contributed by atoms with Gasteiger partial charge in [-0.15, -0.1) is 0 Å².